The van der Waals surface area contributed by atoms with Crippen molar-refractivity contribution >= 4 is 17.7 Å². The van der Waals surface area contributed by atoms with Gasteiger partial charge in [0, 0.05) is 29.5 Å². The fraction of sp³-hybridized carbons (Fsp3) is 0.917. The maximum atomic E-state index is 12.3. The third-order valence-electron chi connectivity index (χ3n) is 4.14. The lowest BCUT2D eigenvalue weighted by Crippen LogP contribution is -2.43. The Bertz CT molecular complexity index is 262. The van der Waals surface area contributed by atoms with E-state index < -0.39 is 0 Å². The molecule has 2 aliphatic heterocycles. The van der Waals surface area contributed by atoms with Crippen LogP contribution in [-0.2, 0) is 4.79 Å². The molecule has 0 N–H and O–H groups in total. The van der Waals surface area contributed by atoms with E-state index in [4.69, 9.17) is 0 Å². The molecule has 0 aromatic rings. The highest BCUT2D eigenvalue weighted by atomic mass is 32.2. The molecule has 2 saturated heterocycles. The second-order valence-corrected chi connectivity index (χ2v) is 6.50. The van der Waals surface area contributed by atoms with Crippen molar-refractivity contribution in [3.05, 3.63) is 0 Å². The Hall–Kier alpha value is -0.180. The Morgan fingerprint density at radius 1 is 1.20 bits per heavy atom. The van der Waals surface area contributed by atoms with Gasteiger partial charge in [-0.15, -0.1) is 0 Å². The van der Waals surface area contributed by atoms with E-state index >= 15 is 0 Å². The molecule has 1 amide bonds. The lowest BCUT2D eigenvalue weighted by Gasteiger charge is -2.32. The highest BCUT2D eigenvalue weighted by Crippen LogP contribution is 2.39. The molecular formula is C12H19NOS. The number of carbonyl (C=O) groups excluding carboxylic acids is 1. The van der Waals surface area contributed by atoms with Gasteiger partial charge < -0.3 is 4.90 Å². The standard InChI is InChI=1S/C12H19NOS/c14-12(9-4-2-1-3-5-9)13-7-11-6-10(13)8-15-11/h9-11H,1-8H2. The summed E-state index contributed by atoms with van der Waals surface area (Å²) in [7, 11) is 0. The molecule has 1 aliphatic carbocycles. The zero-order valence-electron chi connectivity index (χ0n) is 9.15. The minimum Gasteiger partial charge on any atom is -0.337 e. The molecule has 3 fully saturated rings. The van der Waals surface area contributed by atoms with Gasteiger partial charge in [0.2, 0.25) is 5.91 Å². The van der Waals surface area contributed by atoms with Crippen LogP contribution in [0.25, 0.3) is 0 Å². The largest absolute Gasteiger partial charge is 0.337 e. The summed E-state index contributed by atoms with van der Waals surface area (Å²) in [5.41, 5.74) is 0. The first-order chi connectivity index (χ1) is 7.34. The van der Waals surface area contributed by atoms with Crippen molar-refractivity contribution in [2.24, 2.45) is 5.92 Å². The smallest absolute Gasteiger partial charge is 0.225 e. The first-order valence-corrected chi connectivity index (χ1v) is 7.31. The predicted molar refractivity (Wildman–Crippen MR) is 62.9 cm³/mol. The number of thioether (sulfide) groups is 1. The highest BCUT2D eigenvalue weighted by Gasteiger charge is 2.42. The highest BCUT2D eigenvalue weighted by molar-refractivity contribution is 8.00. The van der Waals surface area contributed by atoms with Crippen LogP contribution in [0.4, 0.5) is 0 Å². The molecule has 2 atom stereocenters. The number of amides is 1. The van der Waals surface area contributed by atoms with Gasteiger partial charge in [-0.25, -0.2) is 0 Å². The van der Waals surface area contributed by atoms with Crippen LogP contribution in [0.3, 0.4) is 0 Å². The van der Waals surface area contributed by atoms with Crippen molar-refractivity contribution in [2.45, 2.75) is 49.8 Å². The van der Waals surface area contributed by atoms with Gasteiger partial charge in [-0.2, -0.15) is 11.8 Å². The quantitative estimate of drug-likeness (QED) is 0.682. The molecule has 3 rings (SSSR count). The van der Waals surface area contributed by atoms with E-state index in [1.165, 1.54) is 31.4 Å². The summed E-state index contributed by atoms with van der Waals surface area (Å²) in [6, 6.07) is 0.592. The molecule has 0 aromatic carbocycles. The molecule has 84 valence electrons. The Labute approximate surface area is 95.8 Å². The number of hydrogen-bond donors (Lipinski definition) is 0. The van der Waals surface area contributed by atoms with E-state index in [2.05, 4.69) is 16.7 Å². The van der Waals surface area contributed by atoms with Crippen molar-refractivity contribution in [2.75, 3.05) is 12.3 Å². The first kappa shape index (κ1) is 10.0. The molecule has 2 bridgehead atoms. The molecule has 3 heteroatoms. The summed E-state index contributed by atoms with van der Waals surface area (Å²) in [6.45, 7) is 1.05. The topological polar surface area (TPSA) is 20.3 Å². The first-order valence-electron chi connectivity index (χ1n) is 6.26. The Balaban J connectivity index is 1.64. The van der Waals surface area contributed by atoms with Gasteiger partial charge >= 0.3 is 0 Å². The fourth-order valence-electron chi connectivity index (χ4n) is 3.25. The third-order valence-corrected chi connectivity index (χ3v) is 5.53. The third kappa shape index (κ3) is 1.79. The minimum absolute atomic E-state index is 0.378. The van der Waals surface area contributed by atoms with E-state index in [0.29, 0.717) is 17.9 Å². The maximum Gasteiger partial charge on any atom is 0.225 e. The van der Waals surface area contributed by atoms with Gasteiger partial charge in [-0.05, 0) is 19.3 Å². The monoisotopic (exact) mass is 225 g/mol. The van der Waals surface area contributed by atoms with Crippen molar-refractivity contribution < 1.29 is 4.79 Å². The van der Waals surface area contributed by atoms with Crippen LogP contribution >= 0.6 is 11.8 Å². The van der Waals surface area contributed by atoms with Crippen molar-refractivity contribution in [1.29, 1.82) is 0 Å². The summed E-state index contributed by atoms with van der Waals surface area (Å²) < 4.78 is 0. The Morgan fingerprint density at radius 3 is 2.60 bits per heavy atom. The summed E-state index contributed by atoms with van der Waals surface area (Å²) in [5.74, 6) is 2.06. The van der Waals surface area contributed by atoms with Crippen molar-refractivity contribution in [3.63, 3.8) is 0 Å². The van der Waals surface area contributed by atoms with Crippen molar-refractivity contribution in [1.82, 2.24) is 4.90 Å². The number of carbonyl (C=O) groups is 1. The van der Waals surface area contributed by atoms with Gasteiger partial charge in [0.05, 0.1) is 0 Å². The second-order valence-electron chi connectivity index (χ2n) is 5.17. The lowest BCUT2D eigenvalue weighted by molar-refractivity contribution is -0.137. The zero-order chi connectivity index (χ0) is 10.3. The second kappa shape index (κ2) is 4.00. The van der Waals surface area contributed by atoms with Gasteiger partial charge in [-0.3, -0.25) is 4.79 Å². The van der Waals surface area contributed by atoms with E-state index in [0.717, 1.165) is 24.6 Å². The van der Waals surface area contributed by atoms with Crippen LogP contribution in [0.1, 0.15) is 38.5 Å². The van der Waals surface area contributed by atoms with E-state index in [1.54, 1.807) is 0 Å². The molecular weight excluding hydrogens is 206 g/mol. The van der Waals surface area contributed by atoms with Crippen LogP contribution in [0.15, 0.2) is 0 Å². The number of nitrogens with zero attached hydrogens (tertiary/aromatic N) is 1. The molecule has 2 nitrogen and oxygen atoms in total. The fourth-order valence-corrected chi connectivity index (χ4v) is 4.69. The molecule has 3 aliphatic rings. The molecule has 0 aromatic heterocycles. The van der Waals surface area contributed by atoms with Gasteiger partial charge in [-0.1, -0.05) is 19.3 Å². The van der Waals surface area contributed by atoms with Gasteiger partial charge in [0.1, 0.15) is 0 Å². The Kier molecular flexibility index (Phi) is 2.67. The van der Waals surface area contributed by atoms with E-state index in [-0.39, 0.29) is 0 Å². The molecule has 2 unspecified atom stereocenters. The minimum atomic E-state index is 0.378. The Morgan fingerprint density at radius 2 is 2.00 bits per heavy atom. The SMILES string of the molecule is O=C(C1CCCCC1)N1CC2CC1CS2. The number of fused-ring (bicyclic) bond motifs is 2. The van der Waals surface area contributed by atoms with Crippen LogP contribution < -0.4 is 0 Å². The summed E-state index contributed by atoms with van der Waals surface area (Å²) >= 11 is 2.07. The van der Waals surface area contributed by atoms with Gasteiger partial charge in [0.25, 0.3) is 0 Å². The average molecular weight is 225 g/mol. The number of hydrogen-bond acceptors (Lipinski definition) is 2. The normalized spacial score (nSPS) is 36.1. The molecule has 2 heterocycles. The van der Waals surface area contributed by atoms with Crippen LogP contribution in [0.5, 0.6) is 0 Å². The maximum absolute atomic E-state index is 12.3. The molecule has 0 spiro atoms. The van der Waals surface area contributed by atoms with Crippen LogP contribution in [0.2, 0.25) is 0 Å². The van der Waals surface area contributed by atoms with Crippen LogP contribution in [0, 0.1) is 5.92 Å². The van der Waals surface area contributed by atoms with E-state index in [9.17, 15) is 4.79 Å². The molecule has 0 radical (unpaired) electrons. The van der Waals surface area contributed by atoms with Gasteiger partial charge in [0.15, 0.2) is 0 Å². The molecule has 1 saturated carbocycles. The summed E-state index contributed by atoms with van der Waals surface area (Å²) in [4.78, 5) is 14.5. The number of rotatable bonds is 1. The van der Waals surface area contributed by atoms with Crippen LogP contribution in [-0.4, -0.2) is 34.4 Å². The predicted octanol–water partition coefficient (Wildman–Crippen LogP) is 2.28. The zero-order valence-corrected chi connectivity index (χ0v) is 9.97. The summed E-state index contributed by atoms with van der Waals surface area (Å²) in [6.07, 6.45) is 7.45. The van der Waals surface area contributed by atoms with Crippen molar-refractivity contribution in [3.8, 4) is 0 Å². The lowest BCUT2D eigenvalue weighted by atomic mass is 9.88. The van der Waals surface area contributed by atoms with E-state index in [1.807, 2.05) is 0 Å². The number of likely N-dealkylation sites (tertiary alicyclic amines) is 1. The molecule has 15 heavy (non-hydrogen) atoms. The summed E-state index contributed by atoms with van der Waals surface area (Å²) in [5, 5.41) is 0.766. The average Bonchev–Trinajstić information content (AvgIpc) is 2.91.